The Bertz CT molecular complexity index is 832. The van der Waals surface area contributed by atoms with E-state index in [2.05, 4.69) is 10.2 Å². The largest absolute Gasteiger partial charge is 0.481 e. The van der Waals surface area contributed by atoms with E-state index >= 15 is 0 Å². The predicted octanol–water partition coefficient (Wildman–Crippen LogP) is 2.50. The topological polar surface area (TPSA) is 94.0 Å². The van der Waals surface area contributed by atoms with Crippen molar-refractivity contribution in [3.05, 3.63) is 66.0 Å². The number of carbonyl (C=O) groups is 1. The maximum absolute atomic E-state index is 10.7. The summed E-state index contributed by atoms with van der Waals surface area (Å²) in [5.74, 6) is -0.155. The van der Waals surface area contributed by atoms with E-state index in [4.69, 9.17) is 10.8 Å². The third-order valence-corrected chi connectivity index (χ3v) is 4.34. The lowest BCUT2D eigenvalue weighted by atomic mass is 10.2. The van der Waals surface area contributed by atoms with Crippen LogP contribution in [0.25, 0.3) is 5.69 Å². The first-order chi connectivity index (χ1) is 11.7. The minimum Gasteiger partial charge on any atom is -0.481 e. The highest BCUT2D eigenvalue weighted by molar-refractivity contribution is 7.99. The van der Waals surface area contributed by atoms with Crippen molar-refractivity contribution in [2.45, 2.75) is 23.0 Å². The molecule has 0 aliphatic carbocycles. The average Bonchev–Trinajstić information content (AvgIpc) is 2.99. The Kier molecular flexibility index (Phi) is 4.93. The maximum Gasteiger partial charge on any atom is 0.307 e. The van der Waals surface area contributed by atoms with Crippen LogP contribution in [0, 0.1) is 0 Å². The van der Waals surface area contributed by atoms with Gasteiger partial charge in [0.15, 0.2) is 5.82 Å². The number of benzene rings is 2. The first-order valence-corrected chi connectivity index (χ1v) is 8.17. The van der Waals surface area contributed by atoms with Gasteiger partial charge in [0.25, 0.3) is 0 Å². The standard InChI is InChI=1S/C17H16N4O2S/c18-11-15-19-20-17(21(15)13-4-2-1-3-5-13)24-14-8-6-12(7-9-14)10-16(22)23/h1-9H,10-11,18H2,(H,22,23). The fourth-order valence-electron chi connectivity index (χ4n) is 2.29. The van der Waals surface area contributed by atoms with Crippen molar-refractivity contribution >= 4 is 17.7 Å². The Morgan fingerprint density at radius 1 is 1.08 bits per heavy atom. The molecule has 0 aliphatic heterocycles. The van der Waals surface area contributed by atoms with E-state index in [0.717, 1.165) is 16.1 Å². The second-order valence-electron chi connectivity index (χ2n) is 5.09. The van der Waals surface area contributed by atoms with Gasteiger partial charge in [-0.05, 0) is 41.6 Å². The average molecular weight is 340 g/mol. The van der Waals surface area contributed by atoms with Gasteiger partial charge in [-0.1, -0.05) is 30.3 Å². The van der Waals surface area contributed by atoms with Gasteiger partial charge < -0.3 is 10.8 Å². The van der Waals surface area contributed by atoms with Crippen molar-refractivity contribution in [2.75, 3.05) is 0 Å². The SMILES string of the molecule is NCc1nnc(Sc2ccc(CC(=O)O)cc2)n1-c1ccccc1. The number of hydrogen-bond acceptors (Lipinski definition) is 5. The highest BCUT2D eigenvalue weighted by Gasteiger charge is 2.14. The van der Waals surface area contributed by atoms with Crippen LogP contribution in [-0.2, 0) is 17.8 Å². The molecule has 0 bridgehead atoms. The fourth-order valence-corrected chi connectivity index (χ4v) is 3.16. The summed E-state index contributed by atoms with van der Waals surface area (Å²) in [5, 5.41) is 17.9. The van der Waals surface area contributed by atoms with Crippen molar-refractivity contribution in [3.63, 3.8) is 0 Å². The molecule has 0 aliphatic rings. The van der Waals surface area contributed by atoms with Crippen molar-refractivity contribution in [1.82, 2.24) is 14.8 Å². The predicted molar refractivity (Wildman–Crippen MR) is 91.2 cm³/mol. The van der Waals surface area contributed by atoms with Crippen molar-refractivity contribution < 1.29 is 9.90 Å². The molecule has 3 aromatic rings. The van der Waals surface area contributed by atoms with Gasteiger partial charge in [0.1, 0.15) is 0 Å². The molecule has 6 nitrogen and oxygen atoms in total. The van der Waals surface area contributed by atoms with Crippen LogP contribution in [0.4, 0.5) is 0 Å². The number of nitrogens with zero attached hydrogens (tertiary/aromatic N) is 3. The summed E-state index contributed by atoms with van der Waals surface area (Å²) in [6.45, 7) is 0.292. The van der Waals surface area contributed by atoms with Gasteiger partial charge in [-0.2, -0.15) is 0 Å². The first kappa shape index (κ1) is 16.2. The molecule has 122 valence electrons. The Balaban J connectivity index is 1.88. The van der Waals surface area contributed by atoms with Crippen LogP contribution in [0.15, 0.2) is 64.6 Å². The van der Waals surface area contributed by atoms with Crippen LogP contribution in [0.3, 0.4) is 0 Å². The van der Waals surface area contributed by atoms with Gasteiger partial charge in [0.2, 0.25) is 5.16 Å². The van der Waals surface area contributed by atoms with Crippen LogP contribution in [0.5, 0.6) is 0 Å². The maximum atomic E-state index is 10.7. The van der Waals surface area contributed by atoms with Gasteiger partial charge in [0.05, 0.1) is 13.0 Å². The van der Waals surface area contributed by atoms with Gasteiger partial charge in [-0.15, -0.1) is 10.2 Å². The van der Waals surface area contributed by atoms with E-state index < -0.39 is 5.97 Å². The zero-order valence-electron chi connectivity index (χ0n) is 12.8. The highest BCUT2D eigenvalue weighted by atomic mass is 32.2. The molecule has 24 heavy (non-hydrogen) atoms. The number of nitrogens with two attached hydrogens (primary N) is 1. The molecule has 2 aromatic carbocycles. The molecule has 7 heteroatoms. The minimum atomic E-state index is -0.841. The summed E-state index contributed by atoms with van der Waals surface area (Å²) in [6.07, 6.45) is 0.0163. The van der Waals surface area contributed by atoms with Crippen LogP contribution in [0.2, 0.25) is 0 Å². The Hall–Kier alpha value is -2.64. The number of hydrogen-bond donors (Lipinski definition) is 2. The third kappa shape index (κ3) is 3.64. The lowest BCUT2D eigenvalue weighted by Gasteiger charge is -2.09. The molecule has 0 spiro atoms. The van der Waals surface area contributed by atoms with Crippen LogP contribution in [-0.4, -0.2) is 25.8 Å². The summed E-state index contributed by atoms with van der Waals surface area (Å²) in [6, 6.07) is 17.2. The molecular formula is C17H16N4O2S. The molecule has 0 unspecified atom stereocenters. The number of carboxylic acid groups (broad SMARTS) is 1. The summed E-state index contributed by atoms with van der Waals surface area (Å²) in [7, 11) is 0. The van der Waals surface area contributed by atoms with E-state index in [9.17, 15) is 4.79 Å². The first-order valence-electron chi connectivity index (χ1n) is 7.35. The Labute approximate surface area is 143 Å². The van der Waals surface area contributed by atoms with Crippen molar-refractivity contribution in [2.24, 2.45) is 5.73 Å². The van der Waals surface area contributed by atoms with Gasteiger partial charge >= 0.3 is 5.97 Å². The lowest BCUT2D eigenvalue weighted by Crippen LogP contribution is -2.07. The van der Waals surface area contributed by atoms with Crippen LogP contribution in [0.1, 0.15) is 11.4 Å². The second-order valence-corrected chi connectivity index (χ2v) is 6.13. The van der Waals surface area contributed by atoms with Crippen LogP contribution < -0.4 is 5.73 Å². The molecule has 0 amide bonds. The van der Waals surface area contributed by atoms with E-state index in [1.807, 2.05) is 59.2 Å². The van der Waals surface area contributed by atoms with Gasteiger partial charge in [-0.25, -0.2) is 0 Å². The monoisotopic (exact) mass is 340 g/mol. The van der Waals surface area contributed by atoms with Crippen LogP contribution >= 0.6 is 11.8 Å². The fraction of sp³-hybridized carbons (Fsp3) is 0.118. The van der Waals surface area contributed by atoms with Gasteiger partial charge in [-0.3, -0.25) is 9.36 Å². The van der Waals surface area contributed by atoms with Gasteiger partial charge in [0, 0.05) is 10.6 Å². The van der Waals surface area contributed by atoms with Crippen molar-refractivity contribution in [3.8, 4) is 5.69 Å². The normalized spacial score (nSPS) is 10.7. The smallest absolute Gasteiger partial charge is 0.307 e. The molecule has 0 atom stereocenters. The quantitative estimate of drug-likeness (QED) is 0.716. The number of carboxylic acids is 1. The number of rotatable bonds is 6. The lowest BCUT2D eigenvalue weighted by molar-refractivity contribution is -0.136. The summed E-state index contributed by atoms with van der Waals surface area (Å²) in [5.41, 5.74) is 7.49. The van der Waals surface area contributed by atoms with Crippen molar-refractivity contribution in [1.29, 1.82) is 0 Å². The molecule has 0 fully saturated rings. The molecule has 3 rings (SSSR count). The Morgan fingerprint density at radius 3 is 2.42 bits per heavy atom. The molecule has 0 saturated heterocycles. The van der Waals surface area contributed by atoms with E-state index in [0.29, 0.717) is 17.5 Å². The summed E-state index contributed by atoms with van der Waals surface area (Å²) in [4.78, 5) is 11.7. The molecule has 1 heterocycles. The molecule has 3 N–H and O–H groups in total. The molecular weight excluding hydrogens is 324 g/mol. The molecule has 0 radical (unpaired) electrons. The Morgan fingerprint density at radius 2 is 1.79 bits per heavy atom. The third-order valence-electron chi connectivity index (χ3n) is 3.39. The molecule has 0 saturated carbocycles. The van der Waals surface area contributed by atoms with E-state index in [1.165, 1.54) is 11.8 Å². The zero-order valence-corrected chi connectivity index (χ0v) is 13.6. The summed E-state index contributed by atoms with van der Waals surface area (Å²) < 4.78 is 1.93. The van der Waals surface area contributed by atoms with E-state index in [-0.39, 0.29) is 6.42 Å². The molecule has 1 aromatic heterocycles. The number of aromatic nitrogens is 3. The summed E-state index contributed by atoms with van der Waals surface area (Å²) >= 11 is 1.46. The number of aliphatic carboxylic acids is 1. The number of para-hydroxylation sites is 1. The second kappa shape index (κ2) is 7.29. The minimum absolute atomic E-state index is 0.0163. The van der Waals surface area contributed by atoms with E-state index in [1.54, 1.807) is 0 Å². The zero-order chi connectivity index (χ0) is 16.9. The highest BCUT2D eigenvalue weighted by Crippen LogP contribution is 2.29.